The first-order valence-corrected chi connectivity index (χ1v) is 10.4. The van der Waals surface area contributed by atoms with E-state index >= 15 is 0 Å². The van der Waals surface area contributed by atoms with Crippen molar-refractivity contribution in [3.63, 3.8) is 0 Å². The fourth-order valence-corrected chi connectivity index (χ4v) is 4.16. The summed E-state index contributed by atoms with van der Waals surface area (Å²) in [6.45, 7) is 2.99. The Kier molecular flexibility index (Phi) is 6.08. The number of aromatic nitrogens is 2. The maximum absolute atomic E-state index is 12.2. The standard InChI is InChI=1S/C21H28N4O5/c1-24-19(26)13-22-17-11-15(25-7-9-29-10-8-25)12-18(20(17)24)30-16-5-3-14(4-6-16)23-21(27)28-2/h11-14,16H,3-10H2,1-2H3,(H,23,27)/t14-,16+. The van der Waals surface area contributed by atoms with Crippen molar-refractivity contribution in [3.05, 3.63) is 28.7 Å². The van der Waals surface area contributed by atoms with Gasteiger partial charge in [0.25, 0.3) is 5.56 Å². The highest BCUT2D eigenvalue weighted by atomic mass is 16.5. The minimum atomic E-state index is -0.398. The molecule has 2 aliphatic rings. The number of anilines is 1. The van der Waals surface area contributed by atoms with Crippen molar-refractivity contribution in [2.75, 3.05) is 38.3 Å². The second kappa shape index (κ2) is 8.91. The zero-order valence-electron chi connectivity index (χ0n) is 17.4. The molecule has 4 rings (SSSR count). The molecule has 162 valence electrons. The lowest BCUT2D eigenvalue weighted by molar-refractivity contribution is 0.122. The number of nitrogens with one attached hydrogen (secondary N) is 1. The summed E-state index contributed by atoms with van der Waals surface area (Å²) in [5, 5.41) is 2.86. The molecule has 2 fully saturated rings. The van der Waals surface area contributed by atoms with E-state index in [4.69, 9.17) is 9.47 Å². The number of aryl methyl sites for hydroxylation is 1. The van der Waals surface area contributed by atoms with E-state index in [1.54, 1.807) is 11.6 Å². The van der Waals surface area contributed by atoms with Gasteiger partial charge in [-0.15, -0.1) is 0 Å². The molecule has 9 heteroatoms. The van der Waals surface area contributed by atoms with Crippen LogP contribution in [0.4, 0.5) is 10.5 Å². The van der Waals surface area contributed by atoms with Crippen molar-refractivity contribution in [2.45, 2.75) is 37.8 Å². The first-order chi connectivity index (χ1) is 14.5. The molecule has 1 aliphatic heterocycles. The second-order valence-corrected chi connectivity index (χ2v) is 7.79. The van der Waals surface area contributed by atoms with Crippen LogP contribution in [0, 0.1) is 0 Å². The summed E-state index contributed by atoms with van der Waals surface area (Å²) < 4.78 is 18.2. The normalized spacial score (nSPS) is 22.0. The van der Waals surface area contributed by atoms with Gasteiger partial charge in [-0.1, -0.05) is 0 Å². The lowest BCUT2D eigenvalue weighted by Gasteiger charge is -2.31. The summed E-state index contributed by atoms with van der Waals surface area (Å²) in [5.41, 5.74) is 2.29. The summed E-state index contributed by atoms with van der Waals surface area (Å²) in [7, 11) is 3.11. The highest BCUT2D eigenvalue weighted by molar-refractivity contribution is 5.85. The SMILES string of the molecule is COC(=O)N[C@H]1CC[C@@H](Oc2cc(N3CCOCC3)cc3ncc(=O)n(C)c23)CC1. The zero-order valence-corrected chi connectivity index (χ0v) is 17.4. The van der Waals surface area contributed by atoms with Crippen LogP contribution >= 0.6 is 0 Å². The Morgan fingerprint density at radius 3 is 2.63 bits per heavy atom. The maximum atomic E-state index is 12.2. The number of carbonyl (C=O) groups is 1. The lowest BCUT2D eigenvalue weighted by Crippen LogP contribution is -2.39. The minimum Gasteiger partial charge on any atom is -0.488 e. The van der Waals surface area contributed by atoms with Gasteiger partial charge < -0.3 is 29.0 Å². The van der Waals surface area contributed by atoms with Crippen LogP contribution in [-0.2, 0) is 16.5 Å². The molecule has 0 spiro atoms. The van der Waals surface area contributed by atoms with E-state index in [0.29, 0.717) is 24.5 Å². The Bertz CT molecular complexity index is 962. The van der Waals surface area contributed by atoms with Gasteiger partial charge in [0.1, 0.15) is 11.3 Å². The number of carbonyl (C=O) groups excluding carboxylic acids is 1. The number of methoxy groups -OCH3 is 1. The third-order valence-corrected chi connectivity index (χ3v) is 5.87. The predicted molar refractivity (Wildman–Crippen MR) is 112 cm³/mol. The molecular weight excluding hydrogens is 388 g/mol. The molecule has 0 bridgehead atoms. The number of alkyl carbamates (subject to hydrolysis) is 1. The Morgan fingerprint density at radius 2 is 1.93 bits per heavy atom. The molecule has 1 saturated heterocycles. The molecule has 2 heterocycles. The number of hydrogen-bond donors (Lipinski definition) is 1. The topological polar surface area (TPSA) is 94.9 Å². The second-order valence-electron chi connectivity index (χ2n) is 7.79. The van der Waals surface area contributed by atoms with E-state index < -0.39 is 6.09 Å². The van der Waals surface area contributed by atoms with Crippen LogP contribution in [0.15, 0.2) is 23.1 Å². The molecule has 9 nitrogen and oxygen atoms in total. The Balaban J connectivity index is 1.58. The fraction of sp³-hybridized carbons (Fsp3) is 0.571. The molecule has 1 aromatic carbocycles. The average Bonchev–Trinajstić information content (AvgIpc) is 2.78. The lowest BCUT2D eigenvalue weighted by atomic mass is 9.93. The monoisotopic (exact) mass is 416 g/mol. The average molecular weight is 416 g/mol. The van der Waals surface area contributed by atoms with Crippen molar-refractivity contribution >= 4 is 22.8 Å². The van der Waals surface area contributed by atoms with Crippen molar-refractivity contribution in [3.8, 4) is 5.75 Å². The van der Waals surface area contributed by atoms with Gasteiger partial charge in [0.2, 0.25) is 0 Å². The van der Waals surface area contributed by atoms with Gasteiger partial charge in [-0.2, -0.15) is 0 Å². The molecule has 0 unspecified atom stereocenters. The van der Waals surface area contributed by atoms with Crippen LogP contribution in [0.2, 0.25) is 0 Å². The van der Waals surface area contributed by atoms with Gasteiger partial charge in [0.05, 0.1) is 38.1 Å². The molecule has 1 aliphatic carbocycles. The van der Waals surface area contributed by atoms with Crippen LogP contribution in [0.3, 0.4) is 0 Å². The molecule has 0 radical (unpaired) electrons. The van der Waals surface area contributed by atoms with Crippen LogP contribution in [0.5, 0.6) is 5.75 Å². The molecule has 1 aromatic heterocycles. The number of nitrogens with zero attached hydrogens (tertiary/aromatic N) is 3. The van der Waals surface area contributed by atoms with Gasteiger partial charge >= 0.3 is 6.09 Å². The summed E-state index contributed by atoms with van der Waals surface area (Å²) in [4.78, 5) is 30.3. The number of fused-ring (bicyclic) bond motifs is 1. The molecular formula is C21H28N4O5. The van der Waals surface area contributed by atoms with E-state index in [1.807, 2.05) is 12.1 Å². The number of hydrogen-bond acceptors (Lipinski definition) is 7. The highest BCUT2D eigenvalue weighted by Gasteiger charge is 2.25. The Labute approximate surface area is 174 Å². The first-order valence-electron chi connectivity index (χ1n) is 10.4. The summed E-state index contributed by atoms with van der Waals surface area (Å²) in [6.07, 6.45) is 4.22. The minimum absolute atomic E-state index is 0.0131. The summed E-state index contributed by atoms with van der Waals surface area (Å²) in [5.74, 6) is 0.672. The maximum Gasteiger partial charge on any atom is 0.407 e. The van der Waals surface area contributed by atoms with Crippen LogP contribution < -0.4 is 20.5 Å². The van der Waals surface area contributed by atoms with Gasteiger partial charge in [0, 0.05) is 37.9 Å². The van der Waals surface area contributed by atoms with Gasteiger partial charge in [-0.25, -0.2) is 9.78 Å². The molecule has 1 N–H and O–H groups in total. The molecule has 2 aromatic rings. The zero-order chi connectivity index (χ0) is 21.1. The fourth-order valence-electron chi connectivity index (χ4n) is 4.16. The van der Waals surface area contributed by atoms with Crippen molar-refractivity contribution in [2.24, 2.45) is 7.05 Å². The predicted octanol–water partition coefficient (Wildman–Crippen LogP) is 1.82. The smallest absolute Gasteiger partial charge is 0.407 e. The first kappa shape index (κ1) is 20.5. The summed E-state index contributed by atoms with van der Waals surface area (Å²) in [6, 6.07) is 4.11. The van der Waals surface area contributed by atoms with Crippen molar-refractivity contribution < 1.29 is 19.0 Å². The van der Waals surface area contributed by atoms with E-state index in [-0.39, 0.29) is 17.7 Å². The Hall–Kier alpha value is -2.81. The quantitative estimate of drug-likeness (QED) is 0.812. The van der Waals surface area contributed by atoms with E-state index in [9.17, 15) is 9.59 Å². The molecule has 30 heavy (non-hydrogen) atoms. The number of morpholine rings is 1. The van der Waals surface area contributed by atoms with Crippen LogP contribution in [0.25, 0.3) is 11.0 Å². The van der Waals surface area contributed by atoms with Gasteiger partial charge in [0.15, 0.2) is 0 Å². The Morgan fingerprint density at radius 1 is 1.20 bits per heavy atom. The van der Waals surface area contributed by atoms with Gasteiger partial charge in [-0.3, -0.25) is 4.79 Å². The molecule has 0 atom stereocenters. The third-order valence-electron chi connectivity index (χ3n) is 5.87. The van der Waals surface area contributed by atoms with E-state index in [1.165, 1.54) is 13.3 Å². The van der Waals surface area contributed by atoms with E-state index in [2.05, 4.69) is 19.9 Å². The van der Waals surface area contributed by atoms with Crippen molar-refractivity contribution in [1.29, 1.82) is 0 Å². The van der Waals surface area contributed by atoms with Gasteiger partial charge in [-0.05, 0) is 31.7 Å². The molecule has 1 saturated carbocycles. The highest BCUT2D eigenvalue weighted by Crippen LogP contribution is 2.33. The molecule has 1 amide bonds. The number of amides is 1. The number of benzene rings is 1. The summed E-state index contributed by atoms with van der Waals surface area (Å²) >= 11 is 0. The van der Waals surface area contributed by atoms with E-state index in [0.717, 1.165) is 50.0 Å². The van der Waals surface area contributed by atoms with Crippen LogP contribution in [-0.4, -0.2) is 61.2 Å². The number of ether oxygens (including phenoxy) is 3. The third kappa shape index (κ3) is 4.35. The van der Waals surface area contributed by atoms with Crippen molar-refractivity contribution in [1.82, 2.24) is 14.9 Å². The number of rotatable bonds is 4. The van der Waals surface area contributed by atoms with Crippen LogP contribution in [0.1, 0.15) is 25.7 Å². The largest absolute Gasteiger partial charge is 0.488 e.